The predicted molar refractivity (Wildman–Crippen MR) is 78.3 cm³/mol. The third-order valence-electron chi connectivity index (χ3n) is 2.89. The van der Waals surface area contributed by atoms with Crippen LogP contribution in [0, 0.1) is 0 Å². The van der Waals surface area contributed by atoms with Gasteiger partial charge in [-0.15, -0.1) is 22.7 Å². The SMILES string of the molecule is CCc1nc(N)sc1Cc1ccc2ncsc2c1. The summed E-state index contributed by atoms with van der Waals surface area (Å²) in [6.45, 7) is 2.12. The molecule has 2 aromatic heterocycles. The lowest BCUT2D eigenvalue weighted by Gasteiger charge is -2.01. The molecular formula is C13H13N3S2. The number of nitrogens with zero attached hydrogens (tertiary/aromatic N) is 2. The quantitative estimate of drug-likeness (QED) is 0.796. The molecule has 92 valence electrons. The summed E-state index contributed by atoms with van der Waals surface area (Å²) < 4.78 is 1.24. The van der Waals surface area contributed by atoms with E-state index in [-0.39, 0.29) is 0 Å². The smallest absolute Gasteiger partial charge is 0.180 e. The second-order valence-corrected chi connectivity index (χ2v) is 6.11. The van der Waals surface area contributed by atoms with Crippen molar-refractivity contribution >= 4 is 38.0 Å². The number of aryl methyl sites for hydroxylation is 1. The maximum Gasteiger partial charge on any atom is 0.180 e. The normalized spacial score (nSPS) is 11.2. The number of nitrogens with two attached hydrogens (primary N) is 1. The van der Waals surface area contributed by atoms with Gasteiger partial charge in [-0.05, 0) is 24.1 Å². The highest BCUT2D eigenvalue weighted by molar-refractivity contribution is 7.16. The van der Waals surface area contributed by atoms with E-state index >= 15 is 0 Å². The van der Waals surface area contributed by atoms with Crippen LogP contribution in [0.3, 0.4) is 0 Å². The van der Waals surface area contributed by atoms with Crippen molar-refractivity contribution in [2.45, 2.75) is 19.8 Å². The summed E-state index contributed by atoms with van der Waals surface area (Å²) in [4.78, 5) is 9.93. The molecule has 0 spiro atoms. The number of nitrogen functional groups attached to an aromatic ring is 1. The van der Waals surface area contributed by atoms with Crippen molar-refractivity contribution in [2.24, 2.45) is 0 Å². The zero-order chi connectivity index (χ0) is 12.5. The van der Waals surface area contributed by atoms with Crippen LogP contribution in [0.1, 0.15) is 23.1 Å². The van der Waals surface area contributed by atoms with E-state index in [2.05, 4.69) is 35.1 Å². The number of benzene rings is 1. The van der Waals surface area contributed by atoms with Crippen LogP contribution in [-0.2, 0) is 12.8 Å². The van der Waals surface area contributed by atoms with Gasteiger partial charge in [0.1, 0.15) is 0 Å². The first-order valence-electron chi connectivity index (χ1n) is 5.82. The maximum absolute atomic E-state index is 5.78. The Balaban J connectivity index is 1.95. The van der Waals surface area contributed by atoms with Gasteiger partial charge in [0, 0.05) is 11.3 Å². The fourth-order valence-corrected chi connectivity index (χ4v) is 3.71. The van der Waals surface area contributed by atoms with Crippen molar-refractivity contribution in [1.29, 1.82) is 0 Å². The molecule has 0 aliphatic rings. The molecule has 0 saturated carbocycles. The van der Waals surface area contributed by atoms with E-state index < -0.39 is 0 Å². The number of rotatable bonds is 3. The molecule has 3 nitrogen and oxygen atoms in total. The lowest BCUT2D eigenvalue weighted by molar-refractivity contribution is 1.02. The first-order valence-corrected chi connectivity index (χ1v) is 7.52. The number of hydrogen-bond acceptors (Lipinski definition) is 5. The maximum atomic E-state index is 5.78. The van der Waals surface area contributed by atoms with Crippen LogP contribution in [0.25, 0.3) is 10.2 Å². The molecule has 2 N–H and O–H groups in total. The first-order chi connectivity index (χ1) is 8.76. The van der Waals surface area contributed by atoms with Crippen LogP contribution in [-0.4, -0.2) is 9.97 Å². The Morgan fingerprint density at radius 3 is 3.06 bits per heavy atom. The first kappa shape index (κ1) is 11.6. The Morgan fingerprint density at radius 1 is 1.33 bits per heavy atom. The highest BCUT2D eigenvalue weighted by Gasteiger charge is 2.09. The molecule has 0 radical (unpaired) electrons. The van der Waals surface area contributed by atoms with Crippen LogP contribution in [0.15, 0.2) is 23.7 Å². The molecule has 0 bridgehead atoms. The van der Waals surface area contributed by atoms with Gasteiger partial charge in [0.15, 0.2) is 5.13 Å². The average Bonchev–Trinajstić information content (AvgIpc) is 2.95. The zero-order valence-corrected chi connectivity index (χ0v) is 11.6. The van der Waals surface area contributed by atoms with Crippen molar-refractivity contribution in [2.75, 3.05) is 5.73 Å². The van der Waals surface area contributed by atoms with E-state index in [1.807, 2.05) is 5.51 Å². The van der Waals surface area contributed by atoms with Gasteiger partial charge in [0.2, 0.25) is 0 Å². The molecule has 0 amide bonds. The lowest BCUT2D eigenvalue weighted by atomic mass is 10.1. The highest BCUT2D eigenvalue weighted by atomic mass is 32.1. The van der Waals surface area contributed by atoms with E-state index in [1.54, 1.807) is 22.7 Å². The van der Waals surface area contributed by atoms with Crippen LogP contribution < -0.4 is 5.73 Å². The average molecular weight is 275 g/mol. The van der Waals surface area contributed by atoms with E-state index in [4.69, 9.17) is 5.73 Å². The summed E-state index contributed by atoms with van der Waals surface area (Å²) in [5, 5.41) is 0.667. The minimum Gasteiger partial charge on any atom is -0.375 e. The van der Waals surface area contributed by atoms with Crippen molar-refractivity contribution in [1.82, 2.24) is 9.97 Å². The van der Waals surface area contributed by atoms with E-state index in [0.29, 0.717) is 5.13 Å². The highest BCUT2D eigenvalue weighted by Crippen LogP contribution is 2.26. The number of hydrogen-bond donors (Lipinski definition) is 1. The molecule has 18 heavy (non-hydrogen) atoms. The summed E-state index contributed by atoms with van der Waals surface area (Å²) in [7, 11) is 0. The third-order valence-corrected chi connectivity index (χ3v) is 4.61. The monoisotopic (exact) mass is 275 g/mol. The fraction of sp³-hybridized carbons (Fsp3) is 0.231. The summed E-state index contributed by atoms with van der Waals surface area (Å²) in [5.41, 5.74) is 11.2. The topological polar surface area (TPSA) is 51.8 Å². The molecular weight excluding hydrogens is 262 g/mol. The van der Waals surface area contributed by atoms with Gasteiger partial charge in [-0.3, -0.25) is 0 Å². The number of thiazole rings is 2. The van der Waals surface area contributed by atoms with Crippen molar-refractivity contribution in [3.8, 4) is 0 Å². The van der Waals surface area contributed by atoms with E-state index in [1.165, 1.54) is 15.1 Å². The molecule has 0 saturated heterocycles. The number of aromatic nitrogens is 2. The van der Waals surface area contributed by atoms with Crippen LogP contribution >= 0.6 is 22.7 Å². The fourth-order valence-electron chi connectivity index (χ4n) is 2.01. The zero-order valence-electron chi connectivity index (χ0n) is 10.0. The molecule has 3 aromatic rings. The van der Waals surface area contributed by atoms with Crippen LogP contribution in [0.5, 0.6) is 0 Å². The number of fused-ring (bicyclic) bond motifs is 1. The molecule has 1 aromatic carbocycles. The van der Waals surface area contributed by atoms with Gasteiger partial charge < -0.3 is 5.73 Å². The standard InChI is InChI=1S/C13H13N3S2/c1-2-9-12(18-13(14)16-9)6-8-3-4-10-11(5-8)17-7-15-10/h3-5,7H,2,6H2,1H3,(H2,14,16). The third kappa shape index (κ3) is 2.11. The Hall–Kier alpha value is -1.46. The molecule has 0 fully saturated rings. The van der Waals surface area contributed by atoms with Crippen molar-refractivity contribution < 1.29 is 0 Å². The van der Waals surface area contributed by atoms with Gasteiger partial charge in [-0.1, -0.05) is 13.0 Å². The minimum atomic E-state index is 0.667. The van der Waals surface area contributed by atoms with Crippen molar-refractivity contribution in [3.63, 3.8) is 0 Å². The summed E-state index contributed by atoms with van der Waals surface area (Å²) in [5.74, 6) is 0. The lowest BCUT2D eigenvalue weighted by Crippen LogP contribution is -1.91. The second kappa shape index (κ2) is 4.66. The Kier molecular flexibility index (Phi) is 3.01. The molecule has 0 atom stereocenters. The van der Waals surface area contributed by atoms with E-state index in [0.717, 1.165) is 24.1 Å². The van der Waals surface area contributed by atoms with Crippen molar-refractivity contribution in [3.05, 3.63) is 39.8 Å². The minimum absolute atomic E-state index is 0.667. The molecule has 0 aliphatic carbocycles. The van der Waals surface area contributed by atoms with Gasteiger partial charge >= 0.3 is 0 Å². The largest absolute Gasteiger partial charge is 0.375 e. The molecule has 0 aliphatic heterocycles. The summed E-state index contributed by atoms with van der Waals surface area (Å²) in [6, 6.07) is 6.43. The van der Waals surface area contributed by atoms with Crippen LogP contribution in [0.4, 0.5) is 5.13 Å². The molecule has 3 rings (SSSR count). The summed E-state index contributed by atoms with van der Waals surface area (Å²) >= 11 is 3.27. The van der Waals surface area contributed by atoms with Crippen LogP contribution in [0.2, 0.25) is 0 Å². The second-order valence-electron chi connectivity index (χ2n) is 4.11. The molecule has 0 unspecified atom stereocenters. The van der Waals surface area contributed by atoms with E-state index in [9.17, 15) is 0 Å². The Labute approximate surface area is 113 Å². The molecule has 2 heterocycles. The van der Waals surface area contributed by atoms with Gasteiger partial charge in [-0.2, -0.15) is 0 Å². The Bertz CT molecular complexity index is 684. The Morgan fingerprint density at radius 2 is 2.22 bits per heavy atom. The van der Waals surface area contributed by atoms with Gasteiger partial charge in [-0.25, -0.2) is 9.97 Å². The predicted octanol–water partition coefficient (Wildman–Crippen LogP) is 3.49. The van der Waals surface area contributed by atoms with Gasteiger partial charge in [0.05, 0.1) is 21.4 Å². The molecule has 5 heteroatoms. The summed E-state index contributed by atoms with van der Waals surface area (Å²) in [6.07, 6.45) is 1.84. The van der Waals surface area contributed by atoms with Gasteiger partial charge in [0.25, 0.3) is 0 Å². The number of anilines is 1.